The summed E-state index contributed by atoms with van der Waals surface area (Å²) in [6.45, 7) is 3.84. The summed E-state index contributed by atoms with van der Waals surface area (Å²) in [7, 11) is 1.87. The van der Waals surface area contributed by atoms with Crippen LogP contribution in [0.2, 0.25) is 10.0 Å². The highest BCUT2D eigenvalue weighted by molar-refractivity contribution is 7.98. The van der Waals surface area contributed by atoms with Crippen molar-refractivity contribution in [2.45, 2.75) is 29.4 Å². The number of aryl methyl sites for hydroxylation is 2. The van der Waals surface area contributed by atoms with Gasteiger partial charge in [0, 0.05) is 22.7 Å². The van der Waals surface area contributed by atoms with Crippen LogP contribution in [-0.2, 0) is 24.2 Å². The van der Waals surface area contributed by atoms with Gasteiger partial charge in [-0.1, -0.05) is 35.3 Å². The van der Waals surface area contributed by atoms with Crippen LogP contribution in [0.3, 0.4) is 0 Å². The molecule has 3 rings (SSSR count). The summed E-state index contributed by atoms with van der Waals surface area (Å²) in [6.07, 6.45) is 0. The first-order valence-electron chi connectivity index (χ1n) is 8.20. The van der Waals surface area contributed by atoms with Crippen LogP contribution in [0.25, 0.3) is 0 Å². The van der Waals surface area contributed by atoms with Gasteiger partial charge in [-0.2, -0.15) is 9.82 Å². The number of benzene rings is 2. The van der Waals surface area contributed by atoms with Crippen molar-refractivity contribution in [1.29, 1.82) is 0 Å². The third kappa shape index (κ3) is 4.95. The van der Waals surface area contributed by atoms with E-state index in [1.54, 1.807) is 22.5 Å². The lowest BCUT2D eigenvalue weighted by Crippen LogP contribution is -2.14. The summed E-state index contributed by atoms with van der Waals surface area (Å²) in [5, 5.41) is 5.61. The highest BCUT2D eigenvalue weighted by Crippen LogP contribution is 2.32. The molecular formula is C19H19Cl2N3OS2. The minimum atomic E-state index is -1.34. The average molecular weight is 440 g/mol. The normalized spacial score (nSPS) is 12.2. The van der Waals surface area contributed by atoms with E-state index in [2.05, 4.69) is 9.82 Å². The van der Waals surface area contributed by atoms with E-state index in [0.717, 1.165) is 38.2 Å². The van der Waals surface area contributed by atoms with Gasteiger partial charge in [-0.05, 0) is 49.7 Å². The highest BCUT2D eigenvalue weighted by Gasteiger charge is 2.17. The van der Waals surface area contributed by atoms with Crippen molar-refractivity contribution < 1.29 is 4.55 Å². The number of nitrogens with one attached hydrogen (secondary N) is 1. The predicted molar refractivity (Wildman–Crippen MR) is 115 cm³/mol. The van der Waals surface area contributed by atoms with Gasteiger partial charge in [0.2, 0.25) is 0 Å². The van der Waals surface area contributed by atoms with E-state index in [1.165, 1.54) is 0 Å². The number of hydrogen-bond acceptors (Lipinski definition) is 4. The molecule has 0 amide bonds. The first-order valence-corrected chi connectivity index (χ1v) is 11.1. The molecule has 0 saturated heterocycles. The Kier molecular flexibility index (Phi) is 6.65. The van der Waals surface area contributed by atoms with Crippen LogP contribution in [-0.4, -0.2) is 14.3 Å². The maximum atomic E-state index is 12.6. The van der Waals surface area contributed by atoms with Gasteiger partial charge in [-0.25, -0.2) is 0 Å². The van der Waals surface area contributed by atoms with Crippen molar-refractivity contribution in [3.05, 3.63) is 69.5 Å². The van der Waals surface area contributed by atoms with Crippen LogP contribution in [0.4, 0.5) is 5.69 Å². The van der Waals surface area contributed by atoms with Crippen LogP contribution in [0.1, 0.15) is 17.0 Å². The van der Waals surface area contributed by atoms with Gasteiger partial charge in [0.25, 0.3) is 0 Å². The maximum absolute atomic E-state index is 12.6. The van der Waals surface area contributed by atoms with E-state index in [9.17, 15) is 4.55 Å². The van der Waals surface area contributed by atoms with E-state index in [-0.39, 0.29) is 0 Å². The molecular weight excluding hydrogens is 421 g/mol. The van der Waals surface area contributed by atoms with Crippen molar-refractivity contribution in [3.63, 3.8) is 0 Å². The predicted octanol–water partition coefficient (Wildman–Crippen LogP) is 5.77. The van der Waals surface area contributed by atoms with Gasteiger partial charge in [0.05, 0.1) is 16.4 Å². The molecule has 27 heavy (non-hydrogen) atoms. The Balaban J connectivity index is 1.64. The minimum Gasteiger partial charge on any atom is -0.588 e. The smallest absolute Gasteiger partial charge is 0.179 e. The molecule has 1 N–H and O–H groups in total. The molecule has 0 fully saturated rings. The van der Waals surface area contributed by atoms with Crippen LogP contribution in [0.15, 0.2) is 52.3 Å². The fraction of sp³-hybridized carbons (Fsp3) is 0.211. The van der Waals surface area contributed by atoms with Crippen molar-refractivity contribution in [1.82, 2.24) is 9.78 Å². The fourth-order valence-corrected chi connectivity index (χ4v) is 4.97. The van der Waals surface area contributed by atoms with Crippen molar-refractivity contribution in [2.75, 3.05) is 4.72 Å². The number of hydrogen-bond donors (Lipinski definition) is 1. The molecule has 2 aromatic carbocycles. The molecule has 3 aromatic rings. The van der Waals surface area contributed by atoms with Crippen molar-refractivity contribution in [2.24, 2.45) is 7.05 Å². The molecule has 1 aromatic heterocycles. The molecule has 1 unspecified atom stereocenters. The lowest BCUT2D eigenvalue weighted by molar-refractivity contribution is 0.600. The number of thioether (sulfide) groups is 1. The number of anilines is 1. The molecule has 0 saturated carbocycles. The summed E-state index contributed by atoms with van der Waals surface area (Å²) >= 11 is 12.4. The Bertz CT molecular complexity index is 945. The quantitative estimate of drug-likeness (QED) is 0.391. The molecule has 0 spiro atoms. The van der Waals surface area contributed by atoms with Crippen LogP contribution in [0.5, 0.6) is 0 Å². The van der Waals surface area contributed by atoms with Crippen LogP contribution in [0, 0.1) is 13.8 Å². The van der Waals surface area contributed by atoms with Crippen molar-refractivity contribution >= 4 is 52.0 Å². The number of aromatic nitrogens is 2. The largest absolute Gasteiger partial charge is 0.588 e. The van der Waals surface area contributed by atoms with Crippen LogP contribution < -0.4 is 4.72 Å². The molecule has 1 heterocycles. The lowest BCUT2D eigenvalue weighted by Gasteiger charge is -2.12. The Morgan fingerprint density at radius 1 is 1.15 bits per heavy atom. The van der Waals surface area contributed by atoms with Gasteiger partial charge >= 0.3 is 0 Å². The first-order chi connectivity index (χ1) is 12.8. The van der Waals surface area contributed by atoms with Gasteiger partial charge in [0.15, 0.2) is 4.90 Å². The van der Waals surface area contributed by atoms with Crippen molar-refractivity contribution in [3.8, 4) is 0 Å². The Morgan fingerprint density at radius 3 is 2.44 bits per heavy atom. The van der Waals surface area contributed by atoms with Crippen LogP contribution >= 0.6 is 35.0 Å². The second-order valence-corrected chi connectivity index (χ2v) is 9.12. The zero-order chi connectivity index (χ0) is 19.6. The minimum absolute atomic E-state index is 0.628. The van der Waals surface area contributed by atoms with Gasteiger partial charge in [-0.3, -0.25) is 4.68 Å². The summed E-state index contributed by atoms with van der Waals surface area (Å²) in [5.74, 6) is 0.766. The SMILES string of the molecule is Cc1nn(C)c(C)c1N[S+]([O-])c1ccc(CSc2ccc(Cl)cc2Cl)cc1. The van der Waals surface area contributed by atoms with E-state index in [1.807, 2.05) is 57.3 Å². The molecule has 0 aliphatic rings. The molecule has 4 nitrogen and oxygen atoms in total. The highest BCUT2D eigenvalue weighted by atomic mass is 35.5. The van der Waals surface area contributed by atoms with Gasteiger partial charge in [-0.15, -0.1) is 11.8 Å². The zero-order valence-corrected chi connectivity index (χ0v) is 18.3. The number of halogens is 2. The second-order valence-electron chi connectivity index (χ2n) is 6.05. The molecule has 0 radical (unpaired) electrons. The Morgan fingerprint density at radius 2 is 1.85 bits per heavy atom. The third-order valence-electron chi connectivity index (χ3n) is 4.13. The molecule has 0 aliphatic heterocycles. The summed E-state index contributed by atoms with van der Waals surface area (Å²) in [5.41, 5.74) is 3.72. The molecule has 142 valence electrons. The molecule has 0 bridgehead atoms. The Labute approximate surface area is 176 Å². The van der Waals surface area contributed by atoms with Gasteiger partial charge in [0.1, 0.15) is 17.0 Å². The third-order valence-corrected chi connectivity index (χ3v) is 7.02. The number of nitrogens with zero attached hydrogens (tertiary/aromatic N) is 2. The second kappa shape index (κ2) is 8.80. The molecule has 8 heteroatoms. The molecule has 0 aliphatic carbocycles. The fourth-order valence-electron chi connectivity index (χ4n) is 2.54. The zero-order valence-electron chi connectivity index (χ0n) is 15.1. The topological polar surface area (TPSA) is 52.9 Å². The lowest BCUT2D eigenvalue weighted by atomic mass is 10.2. The van der Waals surface area contributed by atoms with E-state index < -0.39 is 11.4 Å². The summed E-state index contributed by atoms with van der Waals surface area (Å²) < 4.78 is 17.5. The van der Waals surface area contributed by atoms with Gasteiger partial charge < -0.3 is 4.55 Å². The summed E-state index contributed by atoms with van der Waals surface area (Å²) in [6, 6.07) is 13.2. The maximum Gasteiger partial charge on any atom is 0.179 e. The Hall–Kier alpha value is -1.31. The van der Waals surface area contributed by atoms with E-state index in [0.29, 0.717) is 10.0 Å². The van der Waals surface area contributed by atoms with E-state index >= 15 is 0 Å². The van der Waals surface area contributed by atoms with E-state index in [4.69, 9.17) is 23.2 Å². The average Bonchev–Trinajstić information content (AvgIpc) is 2.87. The molecule has 1 atom stereocenters. The monoisotopic (exact) mass is 439 g/mol. The summed E-state index contributed by atoms with van der Waals surface area (Å²) in [4.78, 5) is 1.70. The first kappa shape index (κ1) is 20.4. The number of rotatable bonds is 6. The standard InChI is InChI=1S/C19H19Cl2N3OS2/c1-12-19(13(2)24(3)22-12)23-27(25)16-7-4-14(5-8-16)11-26-18-9-6-15(20)10-17(18)21/h4-10,23H,11H2,1-3H3.